The van der Waals surface area contributed by atoms with Crippen molar-refractivity contribution in [3.8, 4) is 5.75 Å². The van der Waals surface area contributed by atoms with Crippen molar-refractivity contribution >= 4 is 17.5 Å². The predicted molar refractivity (Wildman–Crippen MR) is 109 cm³/mol. The maximum atomic E-state index is 12.2. The molecule has 1 N–H and O–H groups in total. The molecule has 1 fully saturated rings. The number of carbonyl (C=O) groups excluding carboxylic acids is 1. The largest absolute Gasteiger partial charge is 0.493 e. The molecule has 0 saturated carbocycles. The number of hydrogen-bond acceptors (Lipinski definition) is 3. The zero-order valence-electron chi connectivity index (χ0n) is 15.8. The van der Waals surface area contributed by atoms with Gasteiger partial charge in [-0.2, -0.15) is 0 Å². The molecule has 1 amide bonds. The van der Waals surface area contributed by atoms with Crippen LogP contribution in [-0.4, -0.2) is 36.5 Å². The summed E-state index contributed by atoms with van der Waals surface area (Å²) in [5.41, 5.74) is 2.36. The van der Waals surface area contributed by atoms with Gasteiger partial charge in [0.1, 0.15) is 5.75 Å². The van der Waals surface area contributed by atoms with Gasteiger partial charge in [0.25, 0.3) is 0 Å². The van der Waals surface area contributed by atoms with Gasteiger partial charge in [-0.15, -0.1) is 0 Å². The van der Waals surface area contributed by atoms with Gasteiger partial charge in [-0.3, -0.25) is 9.69 Å². The Labute approximate surface area is 166 Å². The molecular formula is C22H27ClN2O2. The number of nitrogens with one attached hydrogen (secondary N) is 1. The lowest BCUT2D eigenvalue weighted by Gasteiger charge is -2.32. The van der Waals surface area contributed by atoms with Crippen molar-refractivity contribution in [1.29, 1.82) is 0 Å². The molecule has 1 saturated heterocycles. The lowest BCUT2D eigenvalue weighted by atomic mass is 10.0. The van der Waals surface area contributed by atoms with E-state index in [1.165, 1.54) is 5.56 Å². The Morgan fingerprint density at radius 3 is 2.56 bits per heavy atom. The number of ether oxygens (including phenoxy) is 1. The number of nitrogens with zero attached hydrogens (tertiary/aromatic N) is 1. The molecule has 0 unspecified atom stereocenters. The van der Waals surface area contributed by atoms with Crippen LogP contribution >= 0.6 is 11.6 Å². The van der Waals surface area contributed by atoms with E-state index in [4.69, 9.17) is 16.3 Å². The van der Waals surface area contributed by atoms with Crippen LogP contribution in [0.25, 0.3) is 0 Å². The second kappa shape index (κ2) is 9.77. The molecule has 0 atom stereocenters. The maximum Gasteiger partial charge on any atom is 0.223 e. The molecule has 1 heterocycles. The van der Waals surface area contributed by atoms with Gasteiger partial charge in [-0.25, -0.2) is 0 Å². The summed E-state index contributed by atoms with van der Waals surface area (Å²) in [4.78, 5) is 14.6. The summed E-state index contributed by atoms with van der Waals surface area (Å²) in [5, 5.41) is 3.92. The number of amides is 1. The van der Waals surface area contributed by atoms with Crippen LogP contribution in [0.1, 0.15) is 30.4 Å². The molecule has 1 aliphatic rings. The Hall–Kier alpha value is -2.04. The molecule has 0 bridgehead atoms. The SMILES string of the molecule is Cc1ccccc1OCCC(=O)NC1CCN(Cc2ccc(Cl)cc2)CC1. The Bertz CT molecular complexity index is 740. The number of carbonyl (C=O) groups is 1. The molecule has 3 rings (SSSR count). The second-order valence-corrected chi connectivity index (χ2v) is 7.54. The van der Waals surface area contributed by atoms with E-state index < -0.39 is 0 Å². The molecule has 4 nitrogen and oxygen atoms in total. The highest BCUT2D eigenvalue weighted by Crippen LogP contribution is 2.17. The van der Waals surface area contributed by atoms with Gasteiger partial charge >= 0.3 is 0 Å². The summed E-state index contributed by atoms with van der Waals surface area (Å²) in [5.74, 6) is 0.917. The standard InChI is InChI=1S/C22H27ClN2O2/c1-17-4-2-3-5-21(17)27-15-12-22(26)24-20-10-13-25(14-11-20)16-18-6-8-19(23)9-7-18/h2-9,20H,10-16H2,1H3,(H,24,26). The number of halogens is 1. The van der Waals surface area contributed by atoms with E-state index in [1.54, 1.807) is 0 Å². The molecule has 144 valence electrons. The molecule has 0 aliphatic carbocycles. The number of hydrogen-bond donors (Lipinski definition) is 1. The van der Waals surface area contributed by atoms with Crippen molar-refractivity contribution in [2.24, 2.45) is 0 Å². The van der Waals surface area contributed by atoms with Crippen molar-refractivity contribution < 1.29 is 9.53 Å². The van der Waals surface area contributed by atoms with Gasteiger partial charge < -0.3 is 10.1 Å². The molecule has 1 aliphatic heterocycles. The second-order valence-electron chi connectivity index (χ2n) is 7.11. The Balaban J connectivity index is 1.34. The molecule has 5 heteroatoms. The first kappa shape index (κ1) is 19.7. The van der Waals surface area contributed by atoms with Crippen molar-refractivity contribution in [3.63, 3.8) is 0 Å². The minimum absolute atomic E-state index is 0.0692. The zero-order chi connectivity index (χ0) is 19.1. The molecule has 2 aromatic carbocycles. The van der Waals surface area contributed by atoms with E-state index in [9.17, 15) is 4.79 Å². The van der Waals surface area contributed by atoms with E-state index in [0.29, 0.717) is 13.0 Å². The van der Waals surface area contributed by atoms with Gasteiger partial charge in [-0.05, 0) is 49.1 Å². The van der Waals surface area contributed by atoms with Crippen LogP contribution in [0, 0.1) is 6.92 Å². The first-order chi connectivity index (χ1) is 13.1. The van der Waals surface area contributed by atoms with Gasteiger partial charge in [0.2, 0.25) is 5.91 Å². The fraction of sp³-hybridized carbons (Fsp3) is 0.409. The lowest BCUT2D eigenvalue weighted by Crippen LogP contribution is -2.44. The normalized spacial score (nSPS) is 15.5. The first-order valence-electron chi connectivity index (χ1n) is 9.55. The summed E-state index contributed by atoms with van der Waals surface area (Å²) < 4.78 is 5.71. The molecule has 27 heavy (non-hydrogen) atoms. The Kier molecular flexibility index (Phi) is 7.13. The van der Waals surface area contributed by atoms with Crippen LogP contribution in [0.4, 0.5) is 0 Å². The van der Waals surface area contributed by atoms with Crippen LogP contribution in [-0.2, 0) is 11.3 Å². The highest BCUT2D eigenvalue weighted by molar-refractivity contribution is 6.30. The van der Waals surface area contributed by atoms with E-state index in [0.717, 1.165) is 48.8 Å². The van der Waals surface area contributed by atoms with E-state index >= 15 is 0 Å². The minimum Gasteiger partial charge on any atom is -0.493 e. The number of aryl methyl sites for hydroxylation is 1. The molecular weight excluding hydrogens is 360 g/mol. The average Bonchev–Trinajstić information content (AvgIpc) is 2.67. The van der Waals surface area contributed by atoms with Gasteiger partial charge in [0.05, 0.1) is 13.0 Å². The molecule has 2 aromatic rings. The van der Waals surface area contributed by atoms with Crippen molar-refractivity contribution in [3.05, 3.63) is 64.7 Å². The Morgan fingerprint density at radius 1 is 1.15 bits per heavy atom. The summed E-state index contributed by atoms with van der Waals surface area (Å²) >= 11 is 5.94. The van der Waals surface area contributed by atoms with Crippen LogP contribution in [0.3, 0.4) is 0 Å². The Morgan fingerprint density at radius 2 is 1.85 bits per heavy atom. The van der Waals surface area contributed by atoms with Gasteiger partial charge in [0, 0.05) is 30.7 Å². The summed E-state index contributed by atoms with van der Waals surface area (Å²) in [6.07, 6.45) is 2.36. The third kappa shape index (κ3) is 6.26. The number of benzene rings is 2. The fourth-order valence-electron chi connectivity index (χ4n) is 3.36. The van der Waals surface area contributed by atoms with E-state index in [-0.39, 0.29) is 11.9 Å². The smallest absolute Gasteiger partial charge is 0.223 e. The van der Waals surface area contributed by atoms with Crippen LogP contribution in [0.5, 0.6) is 5.75 Å². The van der Waals surface area contributed by atoms with E-state index in [1.807, 2.05) is 43.3 Å². The van der Waals surface area contributed by atoms with E-state index in [2.05, 4.69) is 22.3 Å². The predicted octanol–water partition coefficient (Wildman–Crippen LogP) is 4.20. The number of para-hydroxylation sites is 1. The quantitative estimate of drug-likeness (QED) is 0.775. The maximum absolute atomic E-state index is 12.2. The van der Waals surface area contributed by atoms with Crippen LogP contribution in [0.15, 0.2) is 48.5 Å². The lowest BCUT2D eigenvalue weighted by molar-refractivity contribution is -0.122. The molecule has 0 aromatic heterocycles. The first-order valence-corrected chi connectivity index (χ1v) is 9.92. The fourth-order valence-corrected chi connectivity index (χ4v) is 3.48. The van der Waals surface area contributed by atoms with Crippen molar-refractivity contribution in [2.75, 3.05) is 19.7 Å². The summed E-state index contributed by atoms with van der Waals surface area (Å²) in [6.45, 7) is 5.34. The highest BCUT2D eigenvalue weighted by Gasteiger charge is 2.20. The molecule has 0 spiro atoms. The summed E-state index contributed by atoms with van der Waals surface area (Å²) in [7, 11) is 0. The van der Waals surface area contributed by atoms with Gasteiger partial charge in [0.15, 0.2) is 0 Å². The monoisotopic (exact) mass is 386 g/mol. The van der Waals surface area contributed by atoms with Crippen LogP contribution < -0.4 is 10.1 Å². The zero-order valence-corrected chi connectivity index (χ0v) is 16.5. The van der Waals surface area contributed by atoms with Crippen LogP contribution in [0.2, 0.25) is 5.02 Å². The van der Waals surface area contributed by atoms with Gasteiger partial charge in [-0.1, -0.05) is 41.9 Å². The highest BCUT2D eigenvalue weighted by atomic mass is 35.5. The van der Waals surface area contributed by atoms with Crippen molar-refractivity contribution in [1.82, 2.24) is 10.2 Å². The van der Waals surface area contributed by atoms with Crippen molar-refractivity contribution in [2.45, 2.75) is 38.8 Å². The average molecular weight is 387 g/mol. The molecule has 0 radical (unpaired) electrons. The number of rotatable bonds is 7. The third-order valence-corrected chi connectivity index (χ3v) is 5.20. The summed E-state index contributed by atoms with van der Waals surface area (Å²) in [6, 6.07) is 16.1. The minimum atomic E-state index is 0.0692. The third-order valence-electron chi connectivity index (χ3n) is 4.95. The number of piperidine rings is 1. The topological polar surface area (TPSA) is 41.6 Å². The number of likely N-dealkylation sites (tertiary alicyclic amines) is 1.